The van der Waals surface area contributed by atoms with Crippen LogP contribution in [-0.4, -0.2) is 13.0 Å². The number of benzene rings is 2. The Kier molecular flexibility index (Phi) is 4.48. The van der Waals surface area contributed by atoms with Crippen molar-refractivity contribution in [3.05, 3.63) is 59.2 Å². The number of hydrogen-bond donors (Lipinski definition) is 2. The Morgan fingerprint density at radius 2 is 1.76 bits per heavy atom. The number of ether oxygens (including phenoxy) is 1. The fourth-order valence-corrected chi connectivity index (χ4v) is 2.12. The number of carbonyl (C=O) groups excluding carboxylic acids is 1. The number of primary amides is 1. The van der Waals surface area contributed by atoms with Crippen molar-refractivity contribution in [1.29, 1.82) is 0 Å². The minimum Gasteiger partial charge on any atom is -0.497 e. The van der Waals surface area contributed by atoms with E-state index in [-0.39, 0.29) is 0 Å². The van der Waals surface area contributed by atoms with Crippen LogP contribution in [0.5, 0.6) is 5.75 Å². The smallest absolute Gasteiger partial charge is 0.244 e. The Labute approximate surface area is 124 Å². The first kappa shape index (κ1) is 14.9. The molecule has 2 rings (SSSR count). The van der Waals surface area contributed by atoms with E-state index in [2.05, 4.69) is 5.32 Å². The van der Waals surface area contributed by atoms with Crippen molar-refractivity contribution in [3.63, 3.8) is 0 Å². The largest absolute Gasteiger partial charge is 0.497 e. The maximum atomic E-state index is 11.8. The standard InChI is InChI=1S/C17H20N2O2/c1-11-4-5-13(10-12(11)2)16(17(18)20)19-14-6-8-15(21-3)9-7-14/h4-10,16,19H,1-3H3,(H2,18,20). The fraction of sp³-hybridized carbons (Fsp3) is 0.235. The van der Waals surface area contributed by atoms with Crippen LogP contribution in [0.1, 0.15) is 22.7 Å². The Hall–Kier alpha value is -2.49. The lowest BCUT2D eigenvalue weighted by Crippen LogP contribution is -2.27. The molecule has 0 spiro atoms. The summed E-state index contributed by atoms with van der Waals surface area (Å²) < 4.78 is 5.12. The Balaban J connectivity index is 2.26. The molecule has 2 aromatic carbocycles. The van der Waals surface area contributed by atoms with Crippen molar-refractivity contribution in [2.24, 2.45) is 5.73 Å². The van der Waals surface area contributed by atoms with E-state index in [1.165, 1.54) is 5.56 Å². The van der Waals surface area contributed by atoms with Crippen molar-refractivity contribution >= 4 is 11.6 Å². The number of methoxy groups -OCH3 is 1. The second-order valence-corrected chi connectivity index (χ2v) is 5.05. The molecule has 4 nitrogen and oxygen atoms in total. The van der Waals surface area contributed by atoms with Gasteiger partial charge in [0.15, 0.2) is 0 Å². The van der Waals surface area contributed by atoms with Crippen LogP contribution in [0.2, 0.25) is 0 Å². The van der Waals surface area contributed by atoms with Crippen molar-refractivity contribution in [1.82, 2.24) is 0 Å². The van der Waals surface area contributed by atoms with Crippen LogP contribution in [-0.2, 0) is 4.79 Å². The molecule has 0 bridgehead atoms. The molecule has 4 heteroatoms. The first-order valence-corrected chi connectivity index (χ1v) is 6.78. The van der Waals surface area contributed by atoms with Crippen LogP contribution in [0, 0.1) is 13.8 Å². The SMILES string of the molecule is COc1ccc(NC(C(N)=O)c2ccc(C)c(C)c2)cc1. The number of rotatable bonds is 5. The summed E-state index contributed by atoms with van der Waals surface area (Å²) in [6.45, 7) is 4.06. The molecule has 0 fully saturated rings. The zero-order valence-corrected chi connectivity index (χ0v) is 12.5. The van der Waals surface area contributed by atoms with Crippen LogP contribution in [0.4, 0.5) is 5.69 Å². The first-order valence-electron chi connectivity index (χ1n) is 6.78. The maximum absolute atomic E-state index is 11.8. The number of amides is 1. The van der Waals surface area contributed by atoms with Crippen molar-refractivity contribution in [2.75, 3.05) is 12.4 Å². The number of carbonyl (C=O) groups is 1. The summed E-state index contributed by atoms with van der Waals surface area (Å²) in [6.07, 6.45) is 0. The maximum Gasteiger partial charge on any atom is 0.244 e. The minimum atomic E-state index is -0.558. The molecule has 0 saturated carbocycles. The normalized spacial score (nSPS) is 11.8. The van der Waals surface area contributed by atoms with Gasteiger partial charge in [-0.25, -0.2) is 0 Å². The highest BCUT2D eigenvalue weighted by atomic mass is 16.5. The van der Waals surface area contributed by atoms with E-state index in [9.17, 15) is 4.79 Å². The van der Waals surface area contributed by atoms with E-state index < -0.39 is 11.9 Å². The molecule has 110 valence electrons. The molecule has 1 unspecified atom stereocenters. The molecule has 0 saturated heterocycles. The second kappa shape index (κ2) is 6.31. The number of nitrogens with one attached hydrogen (secondary N) is 1. The summed E-state index contributed by atoms with van der Waals surface area (Å²) in [5.41, 5.74) is 9.54. The summed E-state index contributed by atoms with van der Waals surface area (Å²) in [4.78, 5) is 11.8. The summed E-state index contributed by atoms with van der Waals surface area (Å²) >= 11 is 0. The lowest BCUT2D eigenvalue weighted by atomic mass is 10.0. The van der Waals surface area contributed by atoms with Gasteiger partial charge in [-0.2, -0.15) is 0 Å². The van der Waals surface area contributed by atoms with Crippen molar-refractivity contribution in [2.45, 2.75) is 19.9 Å². The third kappa shape index (κ3) is 3.54. The summed E-state index contributed by atoms with van der Waals surface area (Å²) in [6, 6.07) is 12.7. The zero-order valence-electron chi connectivity index (χ0n) is 12.5. The molecular formula is C17H20N2O2. The first-order chi connectivity index (χ1) is 10.0. The predicted molar refractivity (Wildman–Crippen MR) is 84.5 cm³/mol. The summed E-state index contributed by atoms with van der Waals surface area (Å²) in [5, 5.41) is 3.16. The summed E-state index contributed by atoms with van der Waals surface area (Å²) in [7, 11) is 1.61. The van der Waals surface area contributed by atoms with Crippen LogP contribution in [0.3, 0.4) is 0 Å². The molecule has 0 aromatic heterocycles. The van der Waals surface area contributed by atoms with Crippen molar-refractivity contribution < 1.29 is 9.53 Å². The Morgan fingerprint density at radius 1 is 1.10 bits per heavy atom. The monoisotopic (exact) mass is 284 g/mol. The average Bonchev–Trinajstić information content (AvgIpc) is 2.48. The molecule has 0 aliphatic rings. The molecule has 0 heterocycles. The van der Waals surface area contributed by atoms with Gasteiger partial charge in [0.2, 0.25) is 5.91 Å². The molecule has 1 amide bonds. The van der Waals surface area contributed by atoms with Gasteiger partial charge >= 0.3 is 0 Å². The lowest BCUT2D eigenvalue weighted by Gasteiger charge is -2.18. The molecular weight excluding hydrogens is 264 g/mol. The van der Waals surface area contributed by atoms with Gasteiger partial charge in [-0.3, -0.25) is 4.79 Å². The van der Waals surface area contributed by atoms with Gasteiger partial charge in [-0.05, 0) is 54.8 Å². The van der Waals surface area contributed by atoms with E-state index in [4.69, 9.17) is 10.5 Å². The highest BCUT2D eigenvalue weighted by Crippen LogP contribution is 2.23. The van der Waals surface area contributed by atoms with E-state index >= 15 is 0 Å². The van der Waals surface area contributed by atoms with E-state index in [0.29, 0.717) is 0 Å². The van der Waals surface area contributed by atoms with Gasteiger partial charge in [0.25, 0.3) is 0 Å². The Morgan fingerprint density at radius 3 is 2.29 bits per heavy atom. The third-order valence-corrected chi connectivity index (χ3v) is 3.55. The highest BCUT2D eigenvalue weighted by molar-refractivity contribution is 5.84. The van der Waals surface area contributed by atoms with E-state index in [1.807, 2.05) is 56.3 Å². The van der Waals surface area contributed by atoms with Crippen LogP contribution >= 0.6 is 0 Å². The number of hydrogen-bond acceptors (Lipinski definition) is 3. The number of anilines is 1. The van der Waals surface area contributed by atoms with Gasteiger partial charge in [0, 0.05) is 5.69 Å². The number of nitrogens with two attached hydrogens (primary N) is 1. The molecule has 0 aliphatic heterocycles. The van der Waals surface area contributed by atoms with Crippen LogP contribution in [0.25, 0.3) is 0 Å². The zero-order chi connectivity index (χ0) is 15.4. The Bertz CT molecular complexity index is 636. The quantitative estimate of drug-likeness (QED) is 0.887. The molecule has 2 aromatic rings. The topological polar surface area (TPSA) is 64.3 Å². The van der Waals surface area contributed by atoms with Crippen LogP contribution < -0.4 is 15.8 Å². The van der Waals surface area contributed by atoms with Gasteiger partial charge in [-0.15, -0.1) is 0 Å². The van der Waals surface area contributed by atoms with Gasteiger partial charge in [-0.1, -0.05) is 18.2 Å². The minimum absolute atomic E-state index is 0.408. The highest BCUT2D eigenvalue weighted by Gasteiger charge is 2.18. The molecule has 0 aliphatic carbocycles. The lowest BCUT2D eigenvalue weighted by molar-refractivity contribution is -0.118. The van der Waals surface area contributed by atoms with Gasteiger partial charge in [0.1, 0.15) is 11.8 Å². The molecule has 0 radical (unpaired) electrons. The van der Waals surface area contributed by atoms with Gasteiger partial charge in [0.05, 0.1) is 7.11 Å². The number of aryl methyl sites for hydroxylation is 2. The molecule has 21 heavy (non-hydrogen) atoms. The predicted octanol–water partition coefficient (Wildman–Crippen LogP) is 2.95. The second-order valence-electron chi connectivity index (χ2n) is 5.05. The fourth-order valence-electron chi connectivity index (χ4n) is 2.12. The summed E-state index contributed by atoms with van der Waals surface area (Å²) in [5.74, 6) is 0.358. The average molecular weight is 284 g/mol. The van der Waals surface area contributed by atoms with E-state index in [1.54, 1.807) is 7.11 Å². The molecule has 1 atom stereocenters. The van der Waals surface area contributed by atoms with E-state index in [0.717, 1.165) is 22.6 Å². The van der Waals surface area contributed by atoms with Crippen LogP contribution in [0.15, 0.2) is 42.5 Å². The third-order valence-electron chi connectivity index (χ3n) is 3.55. The molecule has 3 N–H and O–H groups in total. The van der Waals surface area contributed by atoms with Gasteiger partial charge < -0.3 is 15.8 Å². The van der Waals surface area contributed by atoms with Crippen molar-refractivity contribution in [3.8, 4) is 5.75 Å².